The van der Waals surface area contributed by atoms with Gasteiger partial charge < -0.3 is 10.2 Å². The zero-order chi connectivity index (χ0) is 17.6. The summed E-state index contributed by atoms with van der Waals surface area (Å²) in [7, 11) is 0. The lowest BCUT2D eigenvalue weighted by atomic mass is 10.1. The van der Waals surface area contributed by atoms with Gasteiger partial charge in [0.15, 0.2) is 0 Å². The van der Waals surface area contributed by atoms with Gasteiger partial charge in [-0.1, -0.05) is 29.3 Å². The predicted molar refractivity (Wildman–Crippen MR) is 107 cm³/mol. The third-order valence-corrected chi connectivity index (χ3v) is 4.97. The van der Waals surface area contributed by atoms with Crippen molar-refractivity contribution in [3.05, 3.63) is 64.1 Å². The molecule has 1 amide bonds. The van der Waals surface area contributed by atoms with Gasteiger partial charge in [0, 0.05) is 30.5 Å². The van der Waals surface area contributed by atoms with E-state index in [-0.39, 0.29) is 5.91 Å². The summed E-state index contributed by atoms with van der Waals surface area (Å²) in [6.45, 7) is 2.22. The van der Waals surface area contributed by atoms with E-state index in [0.717, 1.165) is 24.3 Å². The minimum Gasteiger partial charge on any atom is -0.372 e. The van der Waals surface area contributed by atoms with Gasteiger partial charge in [-0.3, -0.25) is 4.79 Å². The van der Waals surface area contributed by atoms with Crippen LogP contribution in [0.15, 0.2) is 48.5 Å². The Morgan fingerprint density at radius 3 is 2.36 bits per heavy atom. The average Bonchev–Trinajstić information content (AvgIpc) is 2.64. The number of hydrogen-bond donors (Lipinski definition) is 1. The molecule has 0 atom stereocenters. The minimum atomic E-state index is -0.184. The van der Waals surface area contributed by atoms with Crippen molar-refractivity contribution in [2.75, 3.05) is 23.3 Å². The van der Waals surface area contributed by atoms with E-state index in [1.165, 1.54) is 31.0 Å². The van der Waals surface area contributed by atoms with Crippen molar-refractivity contribution in [3.8, 4) is 0 Å². The Hall–Kier alpha value is -1.97. The summed E-state index contributed by atoms with van der Waals surface area (Å²) < 4.78 is 0. The second-order valence-electron chi connectivity index (χ2n) is 6.09. The molecule has 1 aliphatic rings. The molecule has 1 aliphatic heterocycles. The van der Waals surface area contributed by atoms with Crippen LogP contribution < -0.4 is 10.2 Å². The van der Waals surface area contributed by atoms with Crippen molar-refractivity contribution < 1.29 is 4.79 Å². The maximum atomic E-state index is 12.1. The number of nitrogens with one attached hydrogen (secondary N) is 1. The molecule has 5 heteroatoms. The van der Waals surface area contributed by atoms with Gasteiger partial charge >= 0.3 is 0 Å². The summed E-state index contributed by atoms with van der Waals surface area (Å²) in [4.78, 5) is 14.4. The predicted octanol–water partition coefficient (Wildman–Crippen LogP) is 5.64. The minimum absolute atomic E-state index is 0.184. The number of piperidine rings is 1. The van der Waals surface area contributed by atoms with E-state index >= 15 is 0 Å². The Balaban J connectivity index is 1.58. The highest BCUT2D eigenvalue weighted by atomic mass is 35.5. The number of anilines is 2. The van der Waals surface area contributed by atoms with Gasteiger partial charge in [0.25, 0.3) is 0 Å². The smallest absolute Gasteiger partial charge is 0.248 e. The number of carbonyl (C=O) groups is 1. The molecule has 1 N–H and O–H groups in total. The SMILES string of the molecule is O=C(/C=C/c1ccc(Cl)c(Cl)c1)Nc1ccc(N2CCCCC2)cc1. The molecule has 0 saturated carbocycles. The molecule has 1 heterocycles. The molecule has 1 fully saturated rings. The van der Waals surface area contributed by atoms with E-state index in [1.54, 1.807) is 18.2 Å². The lowest BCUT2D eigenvalue weighted by Gasteiger charge is -2.28. The molecule has 130 valence electrons. The highest BCUT2D eigenvalue weighted by Crippen LogP contribution is 2.24. The monoisotopic (exact) mass is 374 g/mol. The standard InChI is InChI=1S/C20H20Cl2N2O/c21-18-10-4-15(14-19(18)22)5-11-20(25)23-16-6-8-17(9-7-16)24-12-2-1-3-13-24/h4-11,14H,1-3,12-13H2,(H,23,25)/b11-5+. The van der Waals surface area contributed by atoms with Gasteiger partial charge in [0.2, 0.25) is 5.91 Å². The molecule has 0 bridgehead atoms. The summed E-state index contributed by atoms with van der Waals surface area (Å²) in [5.74, 6) is -0.184. The molecule has 0 aliphatic carbocycles. The van der Waals surface area contributed by atoms with Gasteiger partial charge in [-0.2, -0.15) is 0 Å². The van der Waals surface area contributed by atoms with Crippen LogP contribution >= 0.6 is 23.2 Å². The van der Waals surface area contributed by atoms with E-state index in [4.69, 9.17) is 23.2 Å². The lowest BCUT2D eigenvalue weighted by Crippen LogP contribution is -2.29. The molecule has 0 radical (unpaired) electrons. The van der Waals surface area contributed by atoms with Gasteiger partial charge in [-0.15, -0.1) is 0 Å². The van der Waals surface area contributed by atoms with Gasteiger partial charge in [-0.05, 0) is 67.3 Å². The van der Waals surface area contributed by atoms with E-state index in [2.05, 4.69) is 22.3 Å². The number of benzene rings is 2. The first-order valence-electron chi connectivity index (χ1n) is 8.41. The molecule has 0 aromatic heterocycles. The maximum absolute atomic E-state index is 12.1. The molecular weight excluding hydrogens is 355 g/mol. The number of nitrogens with zero attached hydrogens (tertiary/aromatic N) is 1. The van der Waals surface area contributed by atoms with E-state index < -0.39 is 0 Å². The highest BCUT2D eigenvalue weighted by molar-refractivity contribution is 6.42. The average molecular weight is 375 g/mol. The summed E-state index contributed by atoms with van der Waals surface area (Å²) >= 11 is 11.8. The van der Waals surface area contributed by atoms with Gasteiger partial charge in [0.05, 0.1) is 10.0 Å². The van der Waals surface area contributed by atoms with Crippen LogP contribution in [-0.2, 0) is 4.79 Å². The topological polar surface area (TPSA) is 32.3 Å². The summed E-state index contributed by atoms with van der Waals surface area (Å²) in [5.41, 5.74) is 2.82. The third-order valence-electron chi connectivity index (χ3n) is 4.23. The number of rotatable bonds is 4. The fourth-order valence-electron chi connectivity index (χ4n) is 2.88. The first kappa shape index (κ1) is 17.8. The highest BCUT2D eigenvalue weighted by Gasteiger charge is 2.10. The first-order chi connectivity index (χ1) is 12.1. The molecular formula is C20H20Cl2N2O. The second kappa shape index (κ2) is 8.41. The van der Waals surface area contributed by atoms with Crippen LogP contribution in [0.25, 0.3) is 6.08 Å². The molecule has 1 saturated heterocycles. The zero-order valence-electron chi connectivity index (χ0n) is 13.8. The maximum Gasteiger partial charge on any atom is 0.248 e. The van der Waals surface area contributed by atoms with Crippen LogP contribution in [-0.4, -0.2) is 19.0 Å². The molecule has 3 nitrogen and oxygen atoms in total. The molecule has 3 rings (SSSR count). The summed E-state index contributed by atoms with van der Waals surface area (Å²) in [5, 5.41) is 3.83. The van der Waals surface area contributed by atoms with Crippen molar-refractivity contribution in [2.24, 2.45) is 0 Å². The Labute approximate surface area is 158 Å². The number of hydrogen-bond acceptors (Lipinski definition) is 2. The second-order valence-corrected chi connectivity index (χ2v) is 6.91. The zero-order valence-corrected chi connectivity index (χ0v) is 15.4. The molecule has 2 aromatic rings. The Kier molecular flexibility index (Phi) is 6.00. The van der Waals surface area contributed by atoms with Crippen molar-refractivity contribution >= 4 is 46.6 Å². The van der Waals surface area contributed by atoms with Crippen molar-refractivity contribution in [1.82, 2.24) is 0 Å². The van der Waals surface area contributed by atoms with Crippen LogP contribution in [0.4, 0.5) is 11.4 Å². The van der Waals surface area contributed by atoms with E-state index in [1.807, 2.05) is 18.2 Å². The fraction of sp³-hybridized carbons (Fsp3) is 0.250. The Morgan fingerprint density at radius 2 is 1.68 bits per heavy atom. The fourth-order valence-corrected chi connectivity index (χ4v) is 3.19. The van der Waals surface area contributed by atoms with Crippen molar-refractivity contribution in [1.29, 1.82) is 0 Å². The van der Waals surface area contributed by atoms with Crippen LogP contribution in [0.2, 0.25) is 10.0 Å². The number of amides is 1. The van der Waals surface area contributed by atoms with Crippen LogP contribution in [0.1, 0.15) is 24.8 Å². The normalized spacial score (nSPS) is 14.7. The van der Waals surface area contributed by atoms with Crippen molar-refractivity contribution in [3.63, 3.8) is 0 Å². The van der Waals surface area contributed by atoms with Crippen LogP contribution in [0.5, 0.6) is 0 Å². The van der Waals surface area contributed by atoms with Gasteiger partial charge in [0.1, 0.15) is 0 Å². The molecule has 0 unspecified atom stereocenters. The Bertz CT molecular complexity index is 766. The summed E-state index contributed by atoms with van der Waals surface area (Å²) in [6.07, 6.45) is 7.00. The van der Waals surface area contributed by atoms with E-state index in [0.29, 0.717) is 10.0 Å². The largest absolute Gasteiger partial charge is 0.372 e. The van der Waals surface area contributed by atoms with E-state index in [9.17, 15) is 4.79 Å². The number of halogens is 2. The first-order valence-corrected chi connectivity index (χ1v) is 9.16. The number of carbonyl (C=O) groups excluding carboxylic acids is 1. The summed E-state index contributed by atoms with van der Waals surface area (Å²) in [6, 6.07) is 13.2. The van der Waals surface area contributed by atoms with Crippen LogP contribution in [0, 0.1) is 0 Å². The Morgan fingerprint density at radius 1 is 0.960 bits per heavy atom. The van der Waals surface area contributed by atoms with Crippen LogP contribution in [0.3, 0.4) is 0 Å². The third kappa shape index (κ3) is 5.00. The lowest BCUT2D eigenvalue weighted by molar-refractivity contribution is -0.111. The molecule has 0 spiro atoms. The molecule has 25 heavy (non-hydrogen) atoms. The van der Waals surface area contributed by atoms with Crippen molar-refractivity contribution in [2.45, 2.75) is 19.3 Å². The molecule has 2 aromatic carbocycles. The van der Waals surface area contributed by atoms with Gasteiger partial charge in [-0.25, -0.2) is 0 Å². The quantitative estimate of drug-likeness (QED) is 0.702.